The number of benzene rings is 10. The van der Waals surface area contributed by atoms with E-state index >= 15 is 0 Å². The molecule has 0 spiro atoms. The van der Waals surface area contributed by atoms with Crippen LogP contribution < -0.4 is 0 Å². The lowest BCUT2D eigenvalue weighted by molar-refractivity contribution is 1.08. The number of hydrogen-bond acceptors (Lipinski definition) is 4. The van der Waals surface area contributed by atoms with E-state index in [9.17, 15) is 0 Å². The fourth-order valence-corrected chi connectivity index (χ4v) is 9.84. The minimum Gasteiger partial charge on any atom is -0.298 e. The van der Waals surface area contributed by atoms with Gasteiger partial charge in [-0.1, -0.05) is 212 Å². The van der Waals surface area contributed by atoms with Gasteiger partial charge in [-0.05, 0) is 78.0 Å². The summed E-state index contributed by atoms with van der Waals surface area (Å²) in [6.45, 7) is 0. The molecule has 0 aliphatic carbocycles. The van der Waals surface area contributed by atoms with Crippen molar-refractivity contribution in [3.05, 3.63) is 237 Å². The zero-order valence-electron chi connectivity index (χ0n) is 36.3. The van der Waals surface area contributed by atoms with Crippen molar-refractivity contribution in [2.75, 3.05) is 0 Å². The van der Waals surface area contributed by atoms with Crippen molar-refractivity contribution in [2.24, 2.45) is 0 Å². The number of hydrogen-bond donors (Lipinski definition) is 0. The van der Waals surface area contributed by atoms with Crippen LogP contribution in [-0.4, -0.2) is 24.3 Å². The van der Waals surface area contributed by atoms with Crippen molar-refractivity contribution in [1.29, 1.82) is 0 Å². The molecule has 312 valence electrons. The third-order valence-corrected chi connectivity index (χ3v) is 13.0. The monoisotopic (exact) mass is 853 g/mol. The first kappa shape index (κ1) is 38.4. The highest BCUT2D eigenvalue weighted by Gasteiger charge is 2.22. The topological polar surface area (TPSA) is 56.0 Å². The van der Waals surface area contributed by atoms with Crippen LogP contribution in [-0.2, 0) is 0 Å². The van der Waals surface area contributed by atoms with Crippen LogP contribution in [0, 0.1) is 0 Å². The molecule has 5 heteroatoms. The third kappa shape index (κ3) is 6.64. The van der Waals surface area contributed by atoms with Crippen molar-refractivity contribution >= 4 is 48.7 Å². The van der Waals surface area contributed by atoms with Gasteiger partial charge < -0.3 is 0 Å². The van der Waals surface area contributed by atoms with Crippen LogP contribution in [0.1, 0.15) is 0 Å². The number of aromatic nitrogens is 5. The van der Waals surface area contributed by atoms with Gasteiger partial charge in [0.1, 0.15) is 5.65 Å². The maximum Gasteiger partial charge on any atom is 0.164 e. The molecule has 0 saturated heterocycles. The van der Waals surface area contributed by atoms with E-state index in [1.165, 1.54) is 10.8 Å². The summed E-state index contributed by atoms with van der Waals surface area (Å²) in [5, 5.41) is 9.16. The molecule has 0 unspecified atom stereocenters. The average molecular weight is 854 g/mol. The molecule has 0 N–H and O–H groups in total. The largest absolute Gasteiger partial charge is 0.298 e. The summed E-state index contributed by atoms with van der Waals surface area (Å²) in [5.41, 5.74) is 12.1. The van der Waals surface area contributed by atoms with Crippen molar-refractivity contribution < 1.29 is 0 Å². The number of nitrogens with zero attached hydrogens (tertiary/aromatic N) is 5. The van der Waals surface area contributed by atoms with Crippen molar-refractivity contribution in [3.8, 4) is 78.9 Å². The highest BCUT2D eigenvalue weighted by atomic mass is 15.0. The van der Waals surface area contributed by atoms with Gasteiger partial charge in [0.15, 0.2) is 17.5 Å². The lowest BCUT2D eigenvalue weighted by atomic mass is 9.96. The maximum atomic E-state index is 5.51. The Morgan fingerprint density at radius 3 is 1.25 bits per heavy atom. The molecule has 10 aromatic carbocycles. The van der Waals surface area contributed by atoms with Crippen molar-refractivity contribution in [3.63, 3.8) is 0 Å². The molecule has 0 bridgehead atoms. The molecule has 13 aromatic rings. The molecule has 3 heterocycles. The molecule has 67 heavy (non-hydrogen) atoms. The molecule has 0 saturated carbocycles. The second kappa shape index (κ2) is 15.9. The molecule has 5 nitrogen and oxygen atoms in total. The summed E-state index contributed by atoms with van der Waals surface area (Å²) < 4.78 is 2.27. The smallest absolute Gasteiger partial charge is 0.164 e. The summed E-state index contributed by atoms with van der Waals surface area (Å²) in [6.07, 6.45) is 2.23. The third-order valence-electron chi connectivity index (χ3n) is 13.0. The van der Waals surface area contributed by atoms with E-state index in [4.69, 9.17) is 19.9 Å². The fraction of sp³-hybridized carbons (Fsp3) is 0. The average Bonchev–Trinajstić information content (AvgIpc) is 3.80. The predicted molar refractivity (Wildman–Crippen MR) is 277 cm³/mol. The van der Waals surface area contributed by atoms with Gasteiger partial charge in [-0.2, -0.15) is 0 Å². The molecular weight excluding hydrogens is 815 g/mol. The number of imidazole rings is 1. The molecule has 0 radical (unpaired) electrons. The van der Waals surface area contributed by atoms with Crippen molar-refractivity contribution in [2.45, 2.75) is 0 Å². The predicted octanol–water partition coefficient (Wildman–Crippen LogP) is 15.8. The van der Waals surface area contributed by atoms with Crippen LogP contribution in [0.15, 0.2) is 237 Å². The molecule has 0 fully saturated rings. The van der Waals surface area contributed by atoms with Crippen LogP contribution in [0.4, 0.5) is 0 Å². The zero-order valence-corrected chi connectivity index (χ0v) is 36.3. The van der Waals surface area contributed by atoms with Crippen LogP contribution in [0.5, 0.6) is 0 Å². The molecule has 13 rings (SSSR count). The van der Waals surface area contributed by atoms with Crippen LogP contribution >= 0.6 is 0 Å². The maximum absolute atomic E-state index is 5.51. The van der Waals surface area contributed by atoms with Gasteiger partial charge in [-0.25, -0.2) is 19.9 Å². The Morgan fingerprint density at radius 2 is 0.701 bits per heavy atom. The summed E-state index contributed by atoms with van der Waals surface area (Å²) in [5.74, 6) is 1.84. The minimum absolute atomic E-state index is 0.596. The van der Waals surface area contributed by atoms with Gasteiger partial charge in [0.25, 0.3) is 0 Å². The van der Waals surface area contributed by atoms with Gasteiger partial charge in [0.05, 0.1) is 11.4 Å². The van der Waals surface area contributed by atoms with E-state index in [1.807, 2.05) is 0 Å². The first-order valence-electron chi connectivity index (χ1n) is 22.6. The lowest BCUT2D eigenvalue weighted by Gasteiger charge is -2.14. The Labute approximate surface area is 387 Å². The Kier molecular flexibility index (Phi) is 9.10. The minimum atomic E-state index is 0.596. The van der Waals surface area contributed by atoms with Crippen LogP contribution in [0.25, 0.3) is 128 Å². The SMILES string of the molecule is c1ccc(-c2cc(-c3ccccc3)c3nc(-c4ccc(-c5nc(-c6cc7ccccc7c7ccccc67)nc(-c6cc7ccccc7c7ccccc67)n5)cc4)c(-c4ccccc4)n3c2)cc1. The second-order valence-corrected chi connectivity index (χ2v) is 17.0. The Morgan fingerprint density at radius 1 is 0.269 bits per heavy atom. The van der Waals surface area contributed by atoms with E-state index in [0.717, 1.165) is 99.4 Å². The summed E-state index contributed by atoms with van der Waals surface area (Å²) in [7, 11) is 0. The lowest BCUT2D eigenvalue weighted by Crippen LogP contribution is -2.01. The number of fused-ring (bicyclic) bond motifs is 7. The van der Waals surface area contributed by atoms with Crippen LogP contribution in [0.2, 0.25) is 0 Å². The Hall–Kier alpha value is -9.06. The van der Waals surface area contributed by atoms with E-state index in [-0.39, 0.29) is 0 Å². The Bertz CT molecular complexity index is 3870. The quantitative estimate of drug-likeness (QED) is 0.150. The van der Waals surface area contributed by atoms with Gasteiger partial charge >= 0.3 is 0 Å². The van der Waals surface area contributed by atoms with E-state index < -0.39 is 0 Å². The second-order valence-electron chi connectivity index (χ2n) is 17.0. The summed E-state index contributed by atoms with van der Waals surface area (Å²) in [4.78, 5) is 21.6. The summed E-state index contributed by atoms with van der Waals surface area (Å²) >= 11 is 0. The first-order chi connectivity index (χ1) is 33.2. The molecular formula is C62H39N5. The fourth-order valence-electron chi connectivity index (χ4n) is 9.84. The Balaban J connectivity index is 1.02. The van der Waals surface area contributed by atoms with E-state index in [1.54, 1.807) is 0 Å². The zero-order chi connectivity index (χ0) is 44.3. The molecule has 0 amide bonds. The van der Waals surface area contributed by atoms with Gasteiger partial charge in [0.2, 0.25) is 0 Å². The highest BCUT2D eigenvalue weighted by molar-refractivity contribution is 6.15. The van der Waals surface area contributed by atoms with Gasteiger partial charge in [-0.15, -0.1) is 0 Å². The number of rotatable bonds is 7. The van der Waals surface area contributed by atoms with E-state index in [0.29, 0.717) is 17.5 Å². The van der Waals surface area contributed by atoms with Crippen LogP contribution in [0.3, 0.4) is 0 Å². The first-order valence-corrected chi connectivity index (χ1v) is 22.6. The summed E-state index contributed by atoms with van der Waals surface area (Å²) in [6, 6.07) is 81.2. The number of pyridine rings is 1. The van der Waals surface area contributed by atoms with E-state index in [2.05, 4.69) is 241 Å². The van der Waals surface area contributed by atoms with Gasteiger partial charge in [-0.3, -0.25) is 4.40 Å². The molecule has 0 aliphatic heterocycles. The highest BCUT2D eigenvalue weighted by Crippen LogP contribution is 2.41. The standard InChI is InChI=1S/C62H39N5/c1-4-18-40(19-5-1)47-38-54(41-20-6-2-7-21-41)62-63-57(58(67(62)39-47)43-22-8-3-9-23-43)42-32-34-44(35-33-42)59-64-60(55-36-45-24-10-12-26-48(45)50-28-14-16-30-52(50)55)66-61(65-59)56-37-46-25-11-13-27-49(46)51-29-15-17-31-53(51)56/h1-39H. The van der Waals surface area contributed by atoms with Gasteiger partial charge in [0, 0.05) is 39.6 Å². The van der Waals surface area contributed by atoms with Crippen molar-refractivity contribution in [1.82, 2.24) is 24.3 Å². The molecule has 0 aliphatic rings. The molecule has 3 aromatic heterocycles. The molecule has 0 atom stereocenters. The normalized spacial score (nSPS) is 11.6.